The van der Waals surface area contributed by atoms with Crippen molar-refractivity contribution in [3.05, 3.63) is 28.2 Å². The van der Waals surface area contributed by atoms with E-state index in [1.165, 1.54) is 6.20 Å². The number of anilines is 1. The highest BCUT2D eigenvalue weighted by molar-refractivity contribution is 6.74. The predicted molar refractivity (Wildman–Crippen MR) is 117 cm³/mol. The van der Waals surface area contributed by atoms with Crippen LogP contribution in [0.15, 0.2) is 12.3 Å². The summed E-state index contributed by atoms with van der Waals surface area (Å²) in [6, 6.07) is 0.102. The molecule has 2 aromatic rings. The summed E-state index contributed by atoms with van der Waals surface area (Å²) in [5.74, 6) is -0.767. The Morgan fingerprint density at radius 3 is 2.77 bits per heavy atom. The topological polar surface area (TPSA) is 134 Å². The van der Waals surface area contributed by atoms with Gasteiger partial charge < -0.3 is 19.7 Å². The maximum atomic E-state index is 14.4. The van der Waals surface area contributed by atoms with Gasteiger partial charge in [-0.05, 0) is 24.6 Å². The molecule has 0 unspecified atom stereocenters. The number of nitrogens with zero attached hydrogens (tertiary/aromatic N) is 3. The summed E-state index contributed by atoms with van der Waals surface area (Å²) in [7, 11) is -2.12. The van der Waals surface area contributed by atoms with Gasteiger partial charge in [-0.3, -0.25) is 15.2 Å². The monoisotopic (exact) mass is 453 g/mol. The Morgan fingerprint density at radius 2 is 2.19 bits per heavy atom. The third-order valence-corrected chi connectivity index (χ3v) is 10.8. The van der Waals surface area contributed by atoms with Gasteiger partial charge in [-0.25, -0.2) is 9.18 Å². The third kappa shape index (κ3) is 4.49. The number of nitro groups is 1. The number of rotatable bonds is 6. The van der Waals surface area contributed by atoms with E-state index in [-0.39, 0.29) is 46.5 Å². The Kier molecular flexibility index (Phi) is 5.98. The van der Waals surface area contributed by atoms with Crippen molar-refractivity contribution in [2.75, 3.05) is 18.1 Å². The second kappa shape index (κ2) is 8.08. The smallest absolute Gasteiger partial charge is 0.404 e. The molecule has 2 atom stereocenters. The van der Waals surface area contributed by atoms with Gasteiger partial charge in [0.15, 0.2) is 14.1 Å². The molecule has 12 heteroatoms. The molecule has 0 bridgehead atoms. The molecule has 3 rings (SSSR count). The molecule has 1 saturated heterocycles. The van der Waals surface area contributed by atoms with Gasteiger partial charge in [0.1, 0.15) is 11.2 Å². The van der Waals surface area contributed by atoms with E-state index in [1.807, 2.05) is 0 Å². The molecule has 170 valence electrons. The number of fused-ring (bicyclic) bond motifs is 1. The molecule has 0 aliphatic carbocycles. The summed E-state index contributed by atoms with van der Waals surface area (Å²) < 4.78 is 20.7. The number of amides is 1. The highest BCUT2D eigenvalue weighted by atomic mass is 28.4. The van der Waals surface area contributed by atoms with Crippen molar-refractivity contribution in [3.63, 3.8) is 0 Å². The van der Waals surface area contributed by atoms with E-state index in [9.17, 15) is 24.4 Å². The molecule has 1 fully saturated rings. The third-order valence-electron chi connectivity index (χ3n) is 6.31. The van der Waals surface area contributed by atoms with Gasteiger partial charge in [0.25, 0.3) is 5.69 Å². The lowest BCUT2D eigenvalue weighted by atomic mass is 10.1. The maximum absolute atomic E-state index is 14.4. The highest BCUT2D eigenvalue weighted by Gasteiger charge is 2.42. The van der Waals surface area contributed by atoms with Crippen molar-refractivity contribution in [2.24, 2.45) is 0 Å². The van der Waals surface area contributed by atoms with E-state index in [0.29, 0.717) is 6.42 Å². The van der Waals surface area contributed by atoms with Crippen LogP contribution in [0.1, 0.15) is 27.2 Å². The van der Waals surface area contributed by atoms with Crippen LogP contribution >= 0.6 is 0 Å². The molecule has 31 heavy (non-hydrogen) atoms. The lowest BCUT2D eigenvalue weighted by molar-refractivity contribution is -0.384. The van der Waals surface area contributed by atoms with Gasteiger partial charge in [-0.2, -0.15) is 5.10 Å². The van der Waals surface area contributed by atoms with Crippen LogP contribution in [0.5, 0.6) is 0 Å². The largest absolute Gasteiger partial charge is 0.465 e. The van der Waals surface area contributed by atoms with Gasteiger partial charge in [-0.15, -0.1) is 0 Å². The molecule has 0 spiro atoms. The Morgan fingerprint density at radius 1 is 1.52 bits per heavy atom. The number of aromatic nitrogens is 2. The first-order valence-corrected chi connectivity index (χ1v) is 12.9. The summed E-state index contributed by atoms with van der Waals surface area (Å²) in [5, 5.41) is 30.0. The summed E-state index contributed by atoms with van der Waals surface area (Å²) >= 11 is 0. The van der Waals surface area contributed by atoms with Crippen molar-refractivity contribution in [2.45, 2.75) is 57.4 Å². The Hall–Kier alpha value is -2.73. The van der Waals surface area contributed by atoms with Crippen LogP contribution in [0, 0.1) is 15.9 Å². The number of carbonyl (C=O) groups is 1. The number of aromatic amines is 1. The van der Waals surface area contributed by atoms with E-state index in [4.69, 9.17) is 4.43 Å². The normalized spacial score (nSPS) is 19.7. The van der Waals surface area contributed by atoms with Crippen LogP contribution in [0.4, 0.5) is 20.6 Å². The van der Waals surface area contributed by atoms with Gasteiger partial charge in [0.2, 0.25) is 0 Å². The number of nitrogens with one attached hydrogen (secondary N) is 2. The van der Waals surface area contributed by atoms with Gasteiger partial charge in [0, 0.05) is 6.54 Å². The molecular weight excluding hydrogens is 425 g/mol. The minimum atomic E-state index is -2.12. The number of H-pyrrole nitrogens is 1. The Balaban J connectivity index is 2.03. The minimum absolute atomic E-state index is 0.0329. The average Bonchev–Trinajstić information content (AvgIpc) is 3.26. The second-order valence-corrected chi connectivity index (χ2v) is 14.2. The zero-order chi connectivity index (χ0) is 23.1. The molecule has 1 amide bonds. The zero-order valence-electron chi connectivity index (χ0n) is 18.2. The minimum Gasteiger partial charge on any atom is -0.465 e. The fraction of sp³-hybridized carbons (Fsp3) is 0.579. The van der Waals surface area contributed by atoms with Gasteiger partial charge in [0.05, 0.1) is 41.3 Å². The SMILES string of the molecule is CC(C)(C)[Si](C)(C)OC[C@@H]1C[C@H](NC(=O)O)CN1c1c([N+](=O)[O-])cc(F)c2[nH]ncc12. The first-order valence-electron chi connectivity index (χ1n) is 10.0. The first kappa shape index (κ1) is 22.9. The standard InChI is InChI=1S/C19H28FN5O5Si/c1-19(2,3)31(4,5)30-10-12-6-11(22-18(26)27)9-24(12)17-13-8-21-23-16(13)14(20)7-15(17)25(28)29/h7-8,11-12,22H,6,9-10H2,1-5H3,(H,21,23)(H,26,27)/t11-,12-/m0/s1. The van der Waals surface area contributed by atoms with Crippen molar-refractivity contribution in [1.82, 2.24) is 15.5 Å². The van der Waals surface area contributed by atoms with Crippen molar-refractivity contribution >= 4 is 36.7 Å². The van der Waals surface area contributed by atoms with Gasteiger partial charge >= 0.3 is 6.09 Å². The molecule has 1 aliphatic rings. The van der Waals surface area contributed by atoms with Crippen LogP contribution < -0.4 is 10.2 Å². The average molecular weight is 454 g/mol. The summed E-state index contributed by atoms with van der Waals surface area (Å²) in [5.41, 5.74) is -0.104. The number of hydrogen-bond donors (Lipinski definition) is 3. The summed E-state index contributed by atoms with van der Waals surface area (Å²) in [6.07, 6.45) is 0.595. The molecule has 1 aliphatic heterocycles. The first-order chi connectivity index (χ1) is 14.3. The maximum Gasteiger partial charge on any atom is 0.404 e. The lowest BCUT2D eigenvalue weighted by Crippen LogP contribution is -2.45. The van der Waals surface area contributed by atoms with Crippen molar-refractivity contribution < 1.29 is 23.6 Å². The van der Waals surface area contributed by atoms with Crippen LogP contribution in [-0.2, 0) is 4.43 Å². The van der Waals surface area contributed by atoms with Crippen LogP contribution in [-0.4, -0.2) is 59.9 Å². The summed E-state index contributed by atoms with van der Waals surface area (Å²) in [4.78, 5) is 24.1. The van der Waals surface area contributed by atoms with Gasteiger partial charge in [-0.1, -0.05) is 20.8 Å². The van der Waals surface area contributed by atoms with E-state index < -0.39 is 31.2 Å². The predicted octanol–water partition coefficient (Wildman–Crippen LogP) is 3.85. The Bertz CT molecular complexity index is 1010. The molecule has 1 aromatic heterocycles. The zero-order valence-corrected chi connectivity index (χ0v) is 19.2. The number of carboxylic acid groups (broad SMARTS) is 1. The molecule has 2 heterocycles. The van der Waals surface area contributed by atoms with E-state index in [0.717, 1.165) is 6.07 Å². The molecule has 1 aromatic carbocycles. The van der Waals surface area contributed by atoms with Crippen LogP contribution in [0.2, 0.25) is 18.1 Å². The molecule has 0 radical (unpaired) electrons. The number of halogens is 1. The number of hydrogen-bond acceptors (Lipinski definition) is 6. The van der Waals surface area contributed by atoms with E-state index in [1.54, 1.807) is 4.90 Å². The van der Waals surface area contributed by atoms with E-state index >= 15 is 0 Å². The quantitative estimate of drug-likeness (QED) is 0.344. The molecule has 0 saturated carbocycles. The molecule has 3 N–H and O–H groups in total. The number of benzene rings is 1. The summed E-state index contributed by atoms with van der Waals surface area (Å²) in [6.45, 7) is 11.0. The number of nitro benzene ring substituents is 1. The fourth-order valence-corrected chi connectivity index (χ4v) is 4.68. The second-order valence-electron chi connectivity index (χ2n) is 9.40. The highest BCUT2D eigenvalue weighted by Crippen LogP contribution is 2.42. The molecule has 10 nitrogen and oxygen atoms in total. The molecular formula is C19H28FN5O5Si. The fourth-order valence-electron chi connectivity index (χ4n) is 3.64. The van der Waals surface area contributed by atoms with Crippen molar-refractivity contribution in [1.29, 1.82) is 0 Å². The van der Waals surface area contributed by atoms with E-state index in [2.05, 4.69) is 49.4 Å². The Labute approximate surface area is 180 Å². The van der Waals surface area contributed by atoms with Crippen molar-refractivity contribution in [3.8, 4) is 0 Å². The van der Waals surface area contributed by atoms with Crippen LogP contribution in [0.25, 0.3) is 10.9 Å². The van der Waals surface area contributed by atoms with Crippen LogP contribution in [0.3, 0.4) is 0 Å². The lowest BCUT2D eigenvalue weighted by Gasteiger charge is -2.38.